The molecule has 0 aliphatic carbocycles. The highest BCUT2D eigenvalue weighted by Crippen LogP contribution is 2.21. The Labute approximate surface area is 116 Å². The smallest absolute Gasteiger partial charge is 0.000439 e. The van der Waals surface area contributed by atoms with E-state index in [1.165, 1.54) is 52.0 Å². The summed E-state index contributed by atoms with van der Waals surface area (Å²) in [5.41, 5.74) is 0. The van der Waals surface area contributed by atoms with E-state index >= 15 is 0 Å². The lowest BCUT2D eigenvalue weighted by atomic mass is 9.93. The Hall–Kier alpha value is -0.0800. The fourth-order valence-electron chi connectivity index (χ4n) is 2.54. The number of hydrogen-bond acceptors (Lipinski definition) is 2. The van der Waals surface area contributed by atoms with Gasteiger partial charge in [-0.3, -0.25) is 0 Å². The average molecular weight is 256 g/mol. The average Bonchev–Trinajstić information content (AvgIpc) is 2.39. The van der Waals surface area contributed by atoms with Gasteiger partial charge >= 0.3 is 0 Å². The Morgan fingerprint density at radius 1 is 1.17 bits per heavy atom. The van der Waals surface area contributed by atoms with Crippen molar-refractivity contribution in [3.63, 3.8) is 0 Å². The first kappa shape index (κ1) is 17.9. The number of rotatable bonds is 6. The SMILES string of the molecule is CC.CCN(C)CCC1CCN(CC(C)C)CC1. The van der Waals surface area contributed by atoms with Gasteiger partial charge in [-0.15, -0.1) is 0 Å². The summed E-state index contributed by atoms with van der Waals surface area (Å²) in [4.78, 5) is 5.07. The predicted octanol–water partition coefficient (Wildman–Crippen LogP) is 3.72. The third kappa shape index (κ3) is 8.10. The van der Waals surface area contributed by atoms with Crippen LogP contribution in [0.3, 0.4) is 0 Å². The molecule has 1 aliphatic heterocycles. The molecule has 110 valence electrons. The van der Waals surface area contributed by atoms with Gasteiger partial charge in [-0.25, -0.2) is 0 Å². The van der Waals surface area contributed by atoms with Crippen molar-refractivity contribution in [1.82, 2.24) is 9.80 Å². The number of nitrogens with zero attached hydrogens (tertiary/aromatic N) is 2. The summed E-state index contributed by atoms with van der Waals surface area (Å²) in [6.07, 6.45) is 4.24. The van der Waals surface area contributed by atoms with Gasteiger partial charge in [0.05, 0.1) is 0 Å². The third-order valence-corrected chi connectivity index (χ3v) is 3.79. The van der Waals surface area contributed by atoms with Crippen LogP contribution in [0.25, 0.3) is 0 Å². The Morgan fingerprint density at radius 2 is 1.72 bits per heavy atom. The molecule has 0 bridgehead atoms. The van der Waals surface area contributed by atoms with E-state index in [1.807, 2.05) is 13.8 Å². The highest BCUT2D eigenvalue weighted by molar-refractivity contribution is 4.73. The van der Waals surface area contributed by atoms with Crippen molar-refractivity contribution in [2.75, 3.05) is 39.8 Å². The van der Waals surface area contributed by atoms with Gasteiger partial charge in [0.25, 0.3) is 0 Å². The Morgan fingerprint density at radius 3 is 2.17 bits per heavy atom. The maximum absolute atomic E-state index is 2.64. The van der Waals surface area contributed by atoms with Gasteiger partial charge in [-0.05, 0) is 64.3 Å². The molecule has 0 radical (unpaired) electrons. The first-order valence-corrected chi connectivity index (χ1v) is 8.02. The normalized spacial score (nSPS) is 18.0. The topological polar surface area (TPSA) is 6.48 Å². The zero-order chi connectivity index (χ0) is 14.0. The van der Waals surface area contributed by atoms with Crippen molar-refractivity contribution in [2.24, 2.45) is 11.8 Å². The molecular formula is C16H36N2. The van der Waals surface area contributed by atoms with Crippen molar-refractivity contribution in [1.29, 1.82) is 0 Å². The van der Waals surface area contributed by atoms with Crippen LogP contribution in [0.15, 0.2) is 0 Å². The molecule has 0 saturated carbocycles. The highest BCUT2D eigenvalue weighted by atomic mass is 15.1. The molecule has 1 fully saturated rings. The lowest BCUT2D eigenvalue weighted by Gasteiger charge is -2.33. The van der Waals surface area contributed by atoms with Gasteiger partial charge in [0.15, 0.2) is 0 Å². The van der Waals surface area contributed by atoms with Crippen LogP contribution < -0.4 is 0 Å². The second kappa shape index (κ2) is 10.8. The summed E-state index contributed by atoms with van der Waals surface area (Å²) in [6, 6.07) is 0. The molecule has 1 aliphatic rings. The largest absolute Gasteiger partial charge is 0.307 e. The molecule has 0 aromatic carbocycles. The number of piperidine rings is 1. The van der Waals surface area contributed by atoms with Gasteiger partial charge in [0.1, 0.15) is 0 Å². The monoisotopic (exact) mass is 256 g/mol. The second-order valence-corrected chi connectivity index (χ2v) is 5.82. The van der Waals surface area contributed by atoms with Crippen LogP contribution in [-0.4, -0.2) is 49.6 Å². The Bertz CT molecular complexity index is 172. The highest BCUT2D eigenvalue weighted by Gasteiger charge is 2.19. The van der Waals surface area contributed by atoms with Gasteiger partial charge in [0.2, 0.25) is 0 Å². The van der Waals surface area contributed by atoms with Crippen LogP contribution in [0.2, 0.25) is 0 Å². The van der Waals surface area contributed by atoms with E-state index in [9.17, 15) is 0 Å². The number of hydrogen-bond donors (Lipinski definition) is 0. The van der Waals surface area contributed by atoms with Crippen LogP contribution in [0.1, 0.15) is 53.9 Å². The predicted molar refractivity (Wildman–Crippen MR) is 83.1 cm³/mol. The molecule has 0 aromatic heterocycles. The van der Waals surface area contributed by atoms with E-state index < -0.39 is 0 Å². The lowest BCUT2D eigenvalue weighted by molar-refractivity contribution is 0.156. The number of likely N-dealkylation sites (tertiary alicyclic amines) is 1. The van der Waals surface area contributed by atoms with E-state index in [4.69, 9.17) is 0 Å². The molecule has 0 unspecified atom stereocenters. The summed E-state index contributed by atoms with van der Waals surface area (Å²) in [5.74, 6) is 1.81. The van der Waals surface area contributed by atoms with Gasteiger partial charge in [-0.1, -0.05) is 34.6 Å². The van der Waals surface area contributed by atoms with Crippen LogP contribution in [0.4, 0.5) is 0 Å². The molecule has 1 heterocycles. The first-order chi connectivity index (χ1) is 8.61. The molecule has 0 amide bonds. The molecule has 18 heavy (non-hydrogen) atoms. The molecule has 2 heteroatoms. The van der Waals surface area contributed by atoms with Crippen molar-refractivity contribution < 1.29 is 0 Å². The maximum Gasteiger partial charge on any atom is 0.000439 e. The van der Waals surface area contributed by atoms with Gasteiger partial charge < -0.3 is 9.80 Å². The summed E-state index contributed by atoms with van der Waals surface area (Å²) in [5, 5.41) is 0. The molecule has 1 saturated heterocycles. The van der Waals surface area contributed by atoms with Gasteiger partial charge in [-0.2, -0.15) is 0 Å². The van der Waals surface area contributed by atoms with E-state index in [2.05, 4.69) is 37.6 Å². The van der Waals surface area contributed by atoms with Crippen molar-refractivity contribution in [3.8, 4) is 0 Å². The van der Waals surface area contributed by atoms with Crippen LogP contribution >= 0.6 is 0 Å². The fourth-order valence-corrected chi connectivity index (χ4v) is 2.54. The molecule has 0 atom stereocenters. The molecule has 1 rings (SSSR count). The van der Waals surface area contributed by atoms with E-state index in [1.54, 1.807) is 0 Å². The molecule has 0 aromatic rings. The third-order valence-electron chi connectivity index (χ3n) is 3.79. The minimum Gasteiger partial charge on any atom is -0.307 e. The second-order valence-electron chi connectivity index (χ2n) is 5.82. The molecule has 2 nitrogen and oxygen atoms in total. The van der Waals surface area contributed by atoms with E-state index in [0.29, 0.717) is 0 Å². The summed E-state index contributed by atoms with van der Waals surface area (Å²) in [7, 11) is 2.23. The van der Waals surface area contributed by atoms with Crippen LogP contribution in [0, 0.1) is 11.8 Å². The fraction of sp³-hybridized carbons (Fsp3) is 1.00. The quantitative estimate of drug-likeness (QED) is 0.714. The Kier molecular flexibility index (Phi) is 10.8. The zero-order valence-corrected chi connectivity index (χ0v) is 13.7. The van der Waals surface area contributed by atoms with Gasteiger partial charge in [0, 0.05) is 6.54 Å². The van der Waals surface area contributed by atoms with Crippen molar-refractivity contribution in [2.45, 2.75) is 53.9 Å². The minimum atomic E-state index is 0.822. The van der Waals surface area contributed by atoms with Crippen LogP contribution in [-0.2, 0) is 0 Å². The lowest BCUT2D eigenvalue weighted by Crippen LogP contribution is -2.36. The summed E-state index contributed by atoms with van der Waals surface area (Å²) in [6.45, 7) is 17.3. The minimum absolute atomic E-state index is 0.822. The summed E-state index contributed by atoms with van der Waals surface area (Å²) < 4.78 is 0. The summed E-state index contributed by atoms with van der Waals surface area (Å²) >= 11 is 0. The standard InChI is InChI=1S/C14H30N2.C2H6/c1-5-15(4)9-6-14-7-10-16(11-8-14)12-13(2)3;1-2/h13-14H,5-12H2,1-4H3;1-2H3. The molecule has 0 N–H and O–H groups in total. The van der Waals surface area contributed by atoms with Crippen molar-refractivity contribution >= 4 is 0 Å². The zero-order valence-electron chi connectivity index (χ0n) is 13.7. The van der Waals surface area contributed by atoms with Crippen molar-refractivity contribution in [3.05, 3.63) is 0 Å². The first-order valence-electron chi connectivity index (χ1n) is 8.02. The Balaban J connectivity index is 0.00000137. The maximum atomic E-state index is 2.64. The van der Waals surface area contributed by atoms with Crippen LogP contribution in [0.5, 0.6) is 0 Å². The van der Waals surface area contributed by atoms with E-state index in [0.717, 1.165) is 11.8 Å². The molecular weight excluding hydrogens is 220 g/mol. The molecule has 0 spiro atoms. The van der Waals surface area contributed by atoms with E-state index in [-0.39, 0.29) is 0 Å².